The van der Waals surface area contributed by atoms with E-state index in [1.54, 1.807) is 12.3 Å². The second-order valence-electron chi connectivity index (χ2n) is 7.17. The molecule has 4 nitrogen and oxygen atoms in total. The van der Waals surface area contributed by atoms with Gasteiger partial charge in [0.05, 0.1) is 11.9 Å². The van der Waals surface area contributed by atoms with Crippen LogP contribution in [0, 0.1) is 26.2 Å². The molecule has 166 valence electrons. The lowest BCUT2D eigenvalue weighted by Crippen LogP contribution is -2.11. The number of carbonyl (C=O) groups is 1. The summed E-state index contributed by atoms with van der Waals surface area (Å²) in [4.78, 5) is 18.8. The van der Waals surface area contributed by atoms with Crippen molar-refractivity contribution in [3.63, 3.8) is 0 Å². The van der Waals surface area contributed by atoms with E-state index >= 15 is 0 Å². The molecule has 0 radical (unpaired) electrons. The Morgan fingerprint density at radius 1 is 1.32 bits per heavy atom. The summed E-state index contributed by atoms with van der Waals surface area (Å²) in [5, 5.41) is 0.744. The zero-order chi connectivity index (χ0) is 23.2. The summed E-state index contributed by atoms with van der Waals surface area (Å²) in [6, 6.07) is 5.80. The minimum Gasteiger partial charge on any atom is -0.457 e. The number of H-pyrrole nitrogens is 1. The van der Waals surface area contributed by atoms with Crippen LogP contribution in [0.15, 0.2) is 42.6 Å². The molecule has 1 aromatic heterocycles. The highest BCUT2D eigenvalue weighted by Crippen LogP contribution is 2.27. The minimum atomic E-state index is -0.148. The van der Waals surface area contributed by atoms with Crippen LogP contribution in [-0.4, -0.2) is 15.9 Å². The Kier molecular flexibility index (Phi) is 12.1. The minimum absolute atomic E-state index is 0.122. The van der Waals surface area contributed by atoms with Gasteiger partial charge < -0.3 is 9.72 Å². The fraction of sp³-hybridized carbons (Fsp3) is 0.385. The van der Waals surface area contributed by atoms with Gasteiger partial charge >= 0.3 is 5.97 Å². The Morgan fingerprint density at radius 3 is 2.58 bits per heavy atom. The van der Waals surface area contributed by atoms with Gasteiger partial charge in [-0.05, 0) is 56.9 Å². The highest BCUT2D eigenvalue weighted by atomic mass is 35.5. The van der Waals surface area contributed by atoms with Crippen molar-refractivity contribution >= 4 is 23.1 Å². The topological polar surface area (TPSA) is 55.0 Å². The van der Waals surface area contributed by atoms with Gasteiger partial charge in [0.15, 0.2) is 0 Å². The fourth-order valence-corrected chi connectivity index (χ4v) is 3.02. The van der Waals surface area contributed by atoms with E-state index in [0.29, 0.717) is 6.42 Å². The van der Waals surface area contributed by atoms with Crippen molar-refractivity contribution in [2.75, 3.05) is 0 Å². The molecule has 0 amide bonds. The van der Waals surface area contributed by atoms with E-state index in [4.69, 9.17) is 22.8 Å². The standard InChI is InChI=1S/C15H21ClO2.C11H12N2/c1-4-6-14(18-15(17)7-5-2)12-8-9-13(16)11(3)10-12;1-4-6-10(7-5-2)11-8-12-9(3)13-11/h8-10,14H,4-7H2,1-3H3;1,5-8H,2-3H3,(H,12,13)/b;7-5-,10-6+. The molecule has 1 unspecified atom stereocenters. The van der Waals surface area contributed by atoms with Gasteiger partial charge in [0, 0.05) is 17.0 Å². The van der Waals surface area contributed by atoms with Gasteiger partial charge in [-0.3, -0.25) is 4.79 Å². The highest BCUT2D eigenvalue weighted by molar-refractivity contribution is 6.31. The summed E-state index contributed by atoms with van der Waals surface area (Å²) in [5.41, 5.74) is 3.98. The van der Waals surface area contributed by atoms with Crippen LogP contribution in [0.3, 0.4) is 0 Å². The van der Waals surface area contributed by atoms with Crippen LogP contribution in [0.2, 0.25) is 5.02 Å². The maximum Gasteiger partial charge on any atom is 0.306 e. The van der Waals surface area contributed by atoms with Crippen molar-refractivity contribution in [3.8, 4) is 12.3 Å². The lowest BCUT2D eigenvalue weighted by atomic mass is 10.0. The predicted octanol–water partition coefficient (Wildman–Crippen LogP) is 7.14. The SMILES string of the molecule is C#C/C=C(\C=C/C)c1cnc(C)[nH]1.CCCC(=O)OC(CCC)c1ccc(Cl)c(C)c1. The molecule has 0 aliphatic rings. The van der Waals surface area contributed by atoms with Gasteiger partial charge in [0.1, 0.15) is 11.9 Å². The van der Waals surface area contributed by atoms with Crippen LogP contribution in [0.1, 0.15) is 75.2 Å². The van der Waals surface area contributed by atoms with Gasteiger partial charge in [-0.1, -0.05) is 62.1 Å². The van der Waals surface area contributed by atoms with Crippen LogP contribution < -0.4 is 0 Å². The molecule has 1 heterocycles. The number of aryl methyl sites for hydroxylation is 2. The molecule has 31 heavy (non-hydrogen) atoms. The summed E-state index contributed by atoms with van der Waals surface area (Å²) in [5.74, 6) is 3.27. The van der Waals surface area contributed by atoms with Crippen molar-refractivity contribution in [2.24, 2.45) is 0 Å². The van der Waals surface area contributed by atoms with Crippen LogP contribution in [0.4, 0.5) is 0 Å². The van der Waals surface area contributed by atoms with E-state index in [0.717, 1.165) is 52.5 Å². The molecule has 0 saturated heterocycles. The van der Waals surface area contributed by atoms with Crippen molar-refractivity contribution in [1.82, 2.24) is 9.97 Å². The van der Waals surface area contributed by atoms with Crippen LogP contribution in [0.25, 0.3) is 5.57 Å². The van der Waals surface area contributed by atoms with E-state index in [9.17, 15) is 4.79 Å². The average molecular weight is 441 g/mol. The van der Waals surface area contributed by atoms with Gasteiger partial charge in [0.2, 0.25) is 0 Å². The summed E-state index contributed by atoms with van der Waals surface area (Å²) >= 11 is 6.01. The summed E-state index contributed by atoms with van der Waals surface area (Å²) in [7, 11) is 0. The van der Waals surface area contributed by atoms with Gasteiger partial charge in [0.25, 0.3) is 0 Å². The Hall–Kier alpha value is -2.77. The van der Waals surface area contributed by atoms with E-state index in [1.165, 1.54) is 0 Å². The van der Waals surface area contributed by atoms with Gasteiger partial charge in [-0.25, -0.2) is 4.98 Å². The number of esters is 1. The quantitative estimate of drug-likeness (QED) is 0.269. The number of imidazole rings is 1. The summed E-state index contributed by atoms with van der Waals surface area (Å²) in [6.07, 6.45) is 15.6. The number of benzene rings is 1. The molecule has 0 fully saturated rings. The second kappa shape index (κ2) is 14.3. The third kappa shape index (κ3) is 9.27. The van der Waals surface area contributed by atoms with Crippen molar-refractivity contribution in [1.29, 1.82) is 0 Å². The predicted molar refractivity (Wildman–Crippen MR) is 130 cm³/mol. The Morgan fingerprint density at radius 2 is 2.06 bits per heavy atom. The molecule has 2 aromatic rings. The monoisotopic (exact) mass is 440 g/mol. The lowest BCUT2D eigenvalue weighted by Gasteiger charge is -2.18. The second-order valence-corrected chi connectivity index (χ2v) is 7.58. The van der Waals surface area contributed by atoms with Gasteiger partial charge in [-0.15, -0.1) is 6.42 Å². The number of nitrogens with one attached hydrogen (secondary N) is 1. The number of halogens is 1. The Labute approximate surface area is 191 Å². The average Bonchev–Trinajstić information content (AvgIpc) is 3.16. The summed E-state index contributed by atoms with van der Waals surface area (Å²) in [6.45, 7) is 9.88. The molecule has 1 atom stereocenters. The van der Waals surface area contributed by atoms with Gasteiger partial charge in [-0.2, -0.15) is 0 Å². The zero-order valence-corrected chi connectivity index (χ0v) is 19.9. The molecule has 0 aliphatic carbocycles. The number of aromatic amines is 1. The molecule has 1 aromatic carbocycles. The number of ether oxygens (including phenoxy) is 1. The van der Waals surface area contributed by atoms with Crippen LogP contribution in [0.5, 0.6) is 0 Å². The normalized spacial score (nSPS) is 12.1. The smallest absolute Gasteiger partial charge is 0.306 e. The molecule has 2 rings (SSSR count). The lowest BCUT2D eigenvalue weighted by molar-refractivity contribution is -0.149. The maximum atomic E-state index is 11.6. The Balaban J connectivity index is 0.000000327. The molecule has 0 spiro atoms. The summed E-state index contributed by atoms with van der Waals surface area (Å²) < 4.78 is 5.53. The van der Waals surface area contributed by atoms with E-state index < -0.39 is 0 Å². The van der Waals surface area contributed by atoms with E-state index in [1.807, 2.05) is 58.0 Å². The number of rotatable bonds is 8. The van der Waals surface area contributed by atoms with Crippen molar-refractivity contribution in [3.05, 3.63) is 70.3 Å². The molecular formula is C26H33ClN2O2. The van der Waals surface area contributed by atoms with E-state index in [-0.39, 0.29) is 12.1 Å². The number of aromatic nitrogens is 2. The maximum absolute atomic E-state index is 11.6. The third-order valence-corrected chi connectivity index (χ3v) is 4.86. The first-order valence-electron chi connectivity index (χ1n) is 10.6. The molecule has 1 N–H and O–H groups in total. The first-order valence-corrected chi connectivity index (χ1v) is 11.0. The molecular weight excluding hydrogens is 408 g/mol. The number of carbonyl (C=O) groups excluding carboxylic acids is 1. The van der Waals surface area contributed by atoms with Crippen LogP contribution >= 0.6 is 11.6 Å². The largest absolute Gasteiger partial charge is 0.457 e. The van der Waals surface area contributed by atoms with Crippen molar-refractivity contribution in [2.45, 2.75) is 66.4 Å². The van der Waals surface area contributed by atoms with Crippen LogP contribution in [-0.2, 0) is 9.53 Å². The number of nitrogens with zero attached hydrogens (tertiary/aromatic N) is 1. The molecule has 0 saturated carbocycles. The fourth-order valence-electron chi connectivity index (χ4n) is 2.90. The number of hydrogen-bond donors (Lipinski definition) is 1. The number of allylic oxidation sites excluding steroid dienone is 4. The van der Waals surface area contributed by atoms with E-state index in [2.05, 4.69) is 22.8 Å². The molecule has 0 bridgehead atoms. The molecule has 5 heteroatoms. The molecule has 0 aliphatic heterocycles. The third-order valence-electron chi connectivity index (χ3n) is 4.43. The zero-order valence-electron chi connectivity index (χ0n) is 19.2. The van der Waals surface area contributed by atoms with Crippen molar-refractivity contribution < 1.29 is 9.53 Å². The number of terminal acetylenes is 1. The Bertz CT molecular complexity index is 935. The number of hydrogen-bond acceptors (Lipinski definition) is 3. The highest BCUT2D eigenvalue weighted by Gasteiger charge is 2.16. The first kappa shape index (κ1) is 26.3. The first-order chi connectivity index (χ1) is 14.9.